The number of aliphatic hydroxyl groups is 2. The van der Waals surface area contributed by atoms with E-state index in [1.165, 1.54) is 18.4 Å². The van der Waals surface area contributed by atoms with E-state index in [1.807, 2.05) is 0 Å². The molecule has 0 radical (unpaired) electrons. The topological polar surface area (TPSA) is 124 Å². The van der Waals surface area contributed by atoms with Crippen molar-refractivity contribution in [3.8, 4) is 0 Å². The monoisotopic (exact) mass is 389 g/mol. The standard InChI is InChI=1S/C20H31N5O3/c1-12-3-7-18-14(9-12)5-4-13(2)17(18)8-6-15(26)10-16(27)11-19(28)21-20-22-24-25-23-20/h4-5,9,12-13,15-18,26-27H,3,6-8,10-11H2,1-2H3,(H2,21,22,23,24,25,28)/t12-,13+,15-,16-,17+,18+/m1/s1. The largest absolute Gasteiger partial charge is 0.393 e. The highest BCUT2D eigenvalue weighted by atomic mass is 16.3. The van der Waals surface area contributed by atoms with Crippen LogP contribution in [0.25, 0.3) is 0 Å². The number of rotatable bonds is 8. The first-order valence-electron chi connectivity index (χ1n) is 10.2. The molecule has 4 N–H and O–H groups in total. The molecule has 2 aliphatic carbocycles. The van der Waals surface area contributed by atoms with E-state index in [1.54, 1.807) is 0 Å². The van der Waals surface area contributed by atoms with Crippen LogP contribution in [0.4, 0.5) is 5.95 Å². The number of nitrogens with zero attached hydrogens (tertiary/aromatic N) is 3. The van der Waals surface area contributed by atoms with Gasteiger partial charge in [0.25, 0.3) is 5.95 Å². The molecule has 0 saturated heterocycles. The number of fused-ring (bicyclic) bond motifs is 1. The van der Waals surface area contributed by atoms with E-state index in [2.05, 4.69) is 58.0 Å². The molecule has 1 aromatic rings. The van der Waals surface area contributed by atoms with Crippen LogP contribution in [0, 0.1) is 23.7 Å². The van der Waals surface area contributed by atoms with E-state index in [0.717, 1.165) is 6.42 Å². The summed E-state index contributed by atoms with van der Waals surface area (Å²) in [6, 6.07) is 0. The summed E-state index contributed by atoms with van der Waals surface area (Å²) >= 11 is 0. The Bertz CT molecular complexity index is 703. The predicted molar refractivity (Wildman–Crippen MR) is 105 cm³/mol. The van der Waals surface area contributed by atoms with Gasteiger partial charge >= 0.3 is 0 Å². The van der Waals surface area contributed by atoms with Gasteiger partial charge in [0.05, 0.1) is 18.6 Å². The second-order valence-electron chi connectivity index (χ2n) is 8.32. The minimum absolute atomic E-state index is 0.0720. The fourth-order valence-corrected chi connectivity index (χ4v) is 4.53. The molecule has 2 aliphatic rings. The molecule has 1 aromatic heterocycles. The maximum Gasteiger partial charge on any atom is 0.269 e. The average Bonchev–Trinajstić information content (AvgIpc) is 3.13. The number of nitrogens with one attached hydrogen (secondary N) is 2. The summed E-state index contributed by atoms with van der Waals surface area (Å²) in [6.45, 7) is 4.52. The van der Waals surface area contributed by atoms with Gasteiger partial charge in [-0.1, -0.05) is 37.2 Å². The predicted octanol–water partition coefficient (Wildman–Crippen LogP) is 2.21. The lowest BCUT2D eigenvalue weighted by atomic mass is 9.66. The second-order valence-corrected chi connectivity index (χ2v) is 8.32. The third-order valence-corrected chi connectivity index (χ3v) is 6.02. The van der Waals surface area contributed by atoms with Crippen LogP contribution >= 0.6 is 0 Å². The van der Waals surface area contributed by atoms with Gasteiger partial charge in [-0.3, -0.25) is 10.1 Å². The van der Waals surface area contributed by atoms with Crippen molar-refractivity contribution in [3.05, 3.63) is 23.8 Å². The summed E-state index contributed by atoms with van der Waals surface area (Å²) in [6.07, 6.45) is 9.49. The summed E-state index contributed by atoms with van der Waals surface area (Å²) in [5.41, 5.74) is 1.45. The number of allylic oxidation sites excluding steroid dienone is 4. The molecule has 6 atom stereocenters. The van der Waals surface area contributed by atoms with E-state index >= 15 is 0 Å². The van der Waals surface area contributed by atoms with Crippen molar-refractivity contribution in [2.45, 2.75) is 64.6 Å². The first-order chi connectivity index (χ1) is 13.4. The van der Waals surface area contributed by atoms with Crippen LogP contribution in [0.3, 0.4) is 0 Å². The SMILES string of the molecule is C[C@H]1C=C2C=C[C@H](C)[C@H](CC[C@@H](O)C[C@@H](O)CC(=O)Nc3nn[nH]n3)[C@H]2CC1. The van der Waals surface area contributed by atoms with Gasteiger partial charge in [0.1, 0.15) is 0 Å². The summed E-state index contributed by atoms with van der Waals surface area (Å²) in [4.78, 5) is 11.8. The summed E-state index contributed by atoms with van der Waals surface area (Å²) < 4.78 is 0. The molecule has 0 fully saturated rings. The molecule has 0 bridgehead atoms. The Labute approximate surface area is 165 Å². The summed E-state index contributed by atoms with van der Waals surface area (Å²) in [7, 11) is 0. The number of carbonyl (C=O) groups excluding carboxylic acids is 1. The lowest BCUT2D eigenvalue weighted by molar-refractivity contribution is -0.118. The van der Waals surface area contributed by atoms with Gasteiger partial charge in [0, 0.05) is 0 Å². The molecule has 0 saturated carbocycles. The minimum atomic E-state index is -0.906. The highest BCUT2D eigenvalue weighted by Crippen LogP contribution is 2.43. The Morgan fingerprint density at radius 3 is 2.89 bits per heavy atom. The van der Waals surface area contributed by atoms with Crippen LogP contribution < -0.4 is 5.32 Å². The molecule has 154 valence electrons. The van der Waals surface area contributed by atoms with Crippen molar-refractivity contribution in [1.82, 2.24) is 20.6 Å². The van der Waals surface area contributed by atoms with Crippen LogP contribution in [0.15, 0.2) is 23.8 Å². The number of tetrazole rings is 1. The van der Waals surface area contributed by atoms with E-state index in [0.29, 0.717) is 30.1 Å². The minimum Gasteiger partial charge on any atom is -0.393 e. The molecule has 0 spiro atoms. The average molecular weight is 390 g/mol. The van der Waals surface area contributed by atoms with Crippen LogP contribution in [0.1, 0.15) is 52.4 Å². The molecule has 28 heavy (non-hydrogen) atoms. The number of aliphatic hydroxyl groups excluding tert-OH is 2. The van der Waals surface area contributed by atoms with E-state index < -0.39 is 18.1 Å². The molecule has 8 heteroatoms. The Balaban J connectivity index is 1.44. The van der Waals surface area contributed by atoms with Crippen molar-refractivity contribution in [2.75, 3.05) is 5.32 Å². The molecule has 0 aromatic carbocycles. The quantitative estimate of drug-likeness (QED) is 0.540. The van der Waals surface area contributed by atoms with Crippen molar-refractivity contribution in [1.29, 1.82) is 0 Å². The molecule has 1 amide bonds. The molecule has 8 nitrogen and oxygen atoms in total. The van der Waals surface area contributed by atoms with Crippen molar-refractivity contribution < 1.29 is 15.0 Å². The third kappa shape index (κ3) is 5.48. The number of anilines is 1. The number of aromatic amines is 1. The number of hydrogen-bond donors (Lipinski definition) is 4. The first kappa shape index (κ1) is 20.7. The van der Waals surface area contributed by atoms with Crippen molar-refractivity contribution >= 4 is 11.9 Å². The second kappa shape index (κ2) is 9.43. The zero-order chi connectivity index (χ0) is 20.1. The fourth-order valence-electron chi connectivity index (χ4n) is 4.53. The van der Waals surface area contributed by atoms with Gasteiger partial charge in [0.15, 0.2) is 0 Å². The van der Waals surface area contributed by atoms with Gasteiger partial charge in [-0.25, -0.2) is 0 Å². The summed E-state index contributed by atoms with van der Waals surface area (Å²) in [5.74, 6) is 1.91. The Morgan fingerprint density at radius 2 is 2.14 bits per heavy atom. The van der Waals surface area contributed by atoms with E-state index in [9.17, 15) is 15.0 Å². The van der Waals surface area contributed by atoms with Crippen molar-refractivity contribution in [2.24, 2.45) is 23.7 Å². The third-order valence-electron chi connectivity index (χ3n) is 6.02. The van der Waals surface area contributed by atoms with Crippen LogP contribution in [-0.4, -0.2) is 49.0 Å². The van der Waals surface area contributed by atoms with Crippen molar-refractivity contribution in [3.63, 3.8) is 0 Å². The highest BCUT2D eigenvalue weighted by Gasteiger charge is 2.33. The zero-order valence-corrected chi connectivity index (χ0v) is 16.6. The number of H-pyrrole nitrogens is 1. The number of carbonyl (C=O) groups is 1. The normalized spacial score (nSPS) is 28.9. The van der Waals surface area contributed by atoms with Gasteiger partial charge in [0.2, 0.25) is 5.91 Å². The molecule has 0 unspecified atom stereocenters. The van der Waals surface area contributed by atoms with Gasteiger partial charge in [-0.2, -0.15) is 5.21 Å². The molecule has 1 heterocycles. The Morgan fingerprint density at radius 1 is 1.32 bits per heavy atom. The number of hydrogen-bond acceptors (Lipinski definition) is 6. The lowest BCUT2D eigenvalue weighted by Gasteiger charge is -2.39. The summed E-state index contributed by atoms with van der Waals surface area (Å²) in [5, 5.41) is 35.8. The molecular formula is C20H31N5O3. The first-order valence-corrected chi connectivity index (χ1v) is 10.2. The maximum atomic E-state index is 11.8. The lowest BCUT2D eigenvalue weighted by Crippen LogP contribution is -2.30. The van der Waals surface area contributed by atoms with Gasteiger partial charge in [-0.15, -0.1) is 5.10 Å². The van der Waals surface area contributed by atoms with Crippen LogP contribution in [0.2, 0.25) is 0 Å². The Hall–Kier alpha value is -2.06. The molecular weight excluding hydrogens is 358 g/mol. The van der Waals surface area contributed by atoms with Crippen LogP contribution in [-0.2, 0) is 4.79 Å². The molecule has 0 aliphatic heterocycles. The smallest absolute Gasteiger partial charge is 0.269 e. The fraction of sp³-hybridized carbons (Fsp3) is 0.700. The molecule has 3 rings (SSSR count). The van der Waals surface area contributed by atoms with E-state index in [4.69, 9.17) is 0 Å². The maximum absolute atomic E-state index is 11.8. The van der Waals surface area contributed by atoms with Crippen LogP contribution in [0.5, 0.6) is 0 Å². The number of aromatic nitrogens is 4. The Kier molecular flexibility index (Phi) is 6.96. The van der Waals surface area contributed by atoms with Gasteiger partial charge in [-0.05, 0) is 66.6 Å². The zero-order valence-electron chi connectivity index (χ0n) is 16.6. The van der Waals surface area contributed by atoms with Gasteiger partial charge < -0.3 is 10.2 Å². The highest BCUT2D eigenvalue weighted by molar-refractivity contribution is 5.89. The van der Waals surface area contributed by atoms with E-state index in [-0.39, 0.29) is 18.8 Å². The number of amides is 1.